The Balaban J connectivity index is 2.49. The van der Waals surface area contributed by atoms with Gasteiger partial charge >= 0.3 is 0 Å². The quantitative estimate of drug-likeness (QED) is 0.774. The normalized spacial score (nSPS) is 12.3. The Kier molecular flexibility index (Phi) is 3.91. The van der Waals surface area contributed by atoms with Gasteiger partial charge in [-0.05, 0) is 25.1 Å². The van der Waals surface area contributed by atoms with E-state index in [-0.39, 0.29) is 20.6 Å². The lowest BCUT2D eigenvalue weighted by molar-refractivity contribution is 0.600. The second-order valence-corrected chi connectivity index (χ2v) is 8.64. The fraction of sp³-hybridized carbons (Fsp3) is 0.200. The molecule has 0 bridgehead atoms. The molecule has 3 N–H and O–H groups in total. The van der Waals surface area contributed by atoms with Gasteiger partial charge in [0.25, 0.3) is 10.0 Å². The summed E-state index contributed by atoms with van der Waals surface area (Å²) < 4.78 is 53.6. The highest BCUT2D eigenvalue weighted by Gasteiger charge is 2.22. The molecular weight excluding hydrogens is 336 g/mol. The van der Waals surface area contributed by atoms with Crippen LogP contribution in [0.2, 0.25) is 0 Å². The molecule has 1 aromatic carbocycles. The Labute approximate surface area is 126 Å². The summed E-state index contributed by atoms with van der Waals surface area (Å²) in [5, 5.41) is 0.0802. The van der Waals surface area contributed by atoms with Gasteiger partial charge in [-0.1, -0.05) is 0 Å². The fourth-order valence-corrected chi connectivity index (χ4v) is 4.16. The van der Waals surface area contributed by atoms with Gasteiger partial charge in [0.15, 0.2) is 9.84 Å². The fourth-order valence-electron chi connectivity index (χ4n) is 1.49. The van der Waals surface area contributed by atoms with Crippen LogP contribution in [0.15, 0.2) is 28.0 Å². The second kappa shape index (κ2) is 5.24. The molecular formula is C10H12N4O4S3. The van der Waals surface area contributed by atoms with Crippen LogP contribution in [0.25, 0.3) is 0 Å². The van der Waals surface area contributed by atoms with E-state index in [9.17, 15) is 16.8 Å². The average molecular weight is 348 g/mol. The topological polar surface area (TPSA) is 132 Å². The maximum atomic E-state index is 12.3. The van der Waals surface area contributed by atoms with Crippen LogP contribution in [-0.2, 0) is 19.9 Å². The van der Waals surface area contributed by atoms with E-state index in [2.05, 4.69) is 14.1 Å². The van der Waals surface area contributed by atoms with E-state index in [4.69, 9.17) is 5.73 Å². The van der Waals surface area contributed by atoms with Crippen molar-refractivity contribution in [3.63, 3.8) is 0 Å². The Morgan fingerprint density at radius 3 is 2.43 bits per heavy atom. The molecule has 2 rings (SSSR count). The predicted octanol–water partition coefficient (Wildman–Crippen LogP) is 0.633. The van der Waals surface area contributed by atoms with Crippen LogP contribution in [0.1, 0.15) is 5.82 Å². The third-order valence-corrected chi connectivity index (χ3v) is 5.81. The molecule has 0 saturated carbocycles. The van der Waals surface area contributed by atoms with Crippen molar-refractivity contribution in [1.29, 1.82) is 0 Å². The molecule has 21 heavy (non-hydrogen) atoms. The number of nitrogens with one attached hydrogen (secondary N) is 1. The number of sulfonamides is 1. The van der Waals surface area contributed by atoms with E-state index in [0.29, 0.717) is 5.82 Å². The molecule has 0 radical (unpaired) electrons. The van der Waals surface area contributed by atoms with Gasteiger partial charge < -0.3 is 5.73 Å². The third kappa shape index (κ3) is 3.49. The van der Waals surface area contributed by atoms with Crippen molar-refractivity contribution in [2.45, 2.75) is 16.7 Å². The van der Waals surface area contributed by atoms with Crippen LogP contribution in [-0.4, -0.2) is 32.4 Å². The van der Waals surface area contributed by atoms with E-state index < -0.39 is 19.9 Å². The molecule has 0 unspecified atom stereocenters. The highest BCUT2D eigenvalue weighted by molar-refractivity contribution is 7.93. The van der Waals surface area contributed by atoms with E-state index in [1.165, 1.54) is 12.1 Å². The number of hydrogen-bond donors (Lipinski definition) is 2. The summed E-state index contributed by atoms with van der Waals surface area (Å²) in [6, 6.07) is 3.50. The summed E-state index contributed by atoms with van der Waals surface area (Å²) >= 11 is 0.876. The molecule has 0 amide bonds. The summed E-state index contributed by atoms with van der Waals surface area (Å²) in [5.74, 6) is 0.426. The number of nitrogens with two attached hydrogens (primary N) is 1. The summed E-state index contributed by atoms with van der Waals surface area (Å²) in [5.41, 5.74) is 5.57. The minimum absolute atomic E-state index is 0.0591. The molecule has 11 heteroatoms. The zero-order valence-corrected chi connectivity index (χ0v) is 13.5. The monoisotopic (exact) mass is 348 g/mol. The first-order valence-electron chi connectivity index (χ1n) is 5.52. The standard InChI is InChI=1S/C10H12N4O4S3/c1-6-12-10(19-13-6)14-21(17,18)9-5-7(20(2,15)16)3-4-8(9)11/h3-5H,11H2,1-2H3,(H,12,13,14). The number of nitrogen functional groups attached to an aromatic ring is 1. The van der Waals surface area contributed by atoms with Crippen LogP contribution < -0.4 is 10.5 Å². The number of nitrogens with zero attached hydrogens (tertiary/aromatic N) is 2. The summed E-state index contributed by atoms with van der Waals surface area (Å²) in [4.78, 5) is 3.43. The summed E-state index contributed by atoms with van der Waals surface area (Å²) in [7, 11) is -7.59. The van der Waals surface area contributed by atoms with Gasteiger partial charge in [0, 0.05) is 17.8 Å². The van der Waals surface area contributed by atoms with Crippen LogP contribution >= 0.6 is 11.5 Å². The van der Waals surface area contributed by atoms with Crippen LogP contribution in [0.4, 0.5) is 10.8 Å². The van der Waals surface area contributed by atoms with Gasteiger partial charge in [-0.2, -0.15) is 4.37 Å². The minimum atomic E-state index is -4.04. The molecule has 8 nitrogen and oxygen atoms in total. The van der Waals surface area contributed by atoms with Gasteiger partial charge in [-0.25, -0.2) is 21.8 Å². The zero-order valence-electron chi connectivity index (χ0n) is 11.1. The van der Waals surface area contributed by atoms with Gasteiger partial charge in [-0.15, -0.1) is 0 Å². The highest BCUT2D eigenvalue weighted by Crippen LogP contribution is 2.25. The number of sulfone groups is 1. The van der Waals surface area contributed by atoms with E-state index in [1.54, 1.807) is 6.92 Å². The molecule has 0 spiro atoms. The lowest BCUT2D eigenvalue weighted by Gasteiger charge is -2.09. The molecule has 0 aliphatic heterocycles. The van der Waals surface area contributed by atoms with E-state index in [1.807, 2.05) is 0 Å². The largest absolute Gasteiger partial charge is 0.398 e. The van der Waals surface area contributed by atoms with E-state index >= 15 is 0 Å². The minimum Gasteiger partial charge on any atom is -0.398 e. The van der Waals surface area contributed by atoms with Crippen molar-refractivity contribution in [2.75, 3.05) is 16.7 Å². The molecule has 0 atom stereocenters. The second-order valence-electron chi connectivity index (χ2n) is 4.22. The van der Waals surface area contributed by atoms with Gasteiger partial charge in [0.2, 0.25) is 5.13 Å². The lowest BCUT2D eigenvalue weighted by atomic mass is 10.3. The van der Waals surface area contributed by atoms with Crippen LogP contribution in [0.5, 0.6) is 0 Å². The van der Waals surface area contributed by atoms with E-state index in [0.717, 1.165) is 23.9 Å². The number of hydrogen-bond acceptors (Lipinski definition) is 8. The van der Waals surface area contributed by atoms with Crippen molar-refractivity contribution < 1.29 is 16.8 Å². The van der Waals surface area contributed by atoms with Crippen molar-refractivity contribution in [3.05, 3.63) is 24.0 Å². The van der Waals surface area contributed by atoms with Crippen molar-refractivity contribution in [2.24, 2.45) is 0 Å². The molecule has 1 heterocycles. The number of aryl methyl sites for hydroxylation is 1. The Morgan fingerprint density at radius 1 is 1.24 bits per heavy atom. The van der Waals surface area contributed by atoms with Gasteiger partial charge in [0.1, 0.15) is 10.7 Å². The number of aromatic nitrogens is 2. The van der Waals surface area contributed by atoms with Crippen LogP contribution in [0, 0.1) is 6.92 Å². The van der Waals surface area contributed by atoms with Gasteiger partial charge in [-0.3, -0.25) is 4.72 Å². The lowest BCUT2D eigenvalue weighted by Crippen LogP contribution is -2.15. The Hall–Kier alpha value is -1.72. The Morgan fingerprint density at radius 2 is 1.90 bits per heavy atom. The zero-order chi connectivity index (χ0) is 15.8. The number of anilines is 2. The maximum Gasteiger partial charge on any atom is 0.265 e. The summed E-state index contributed by atoms with van der Waals surface area (Å²) in [6.07, 6.45) is 0.983. The molecule has 0 saturated heterocycles. The SMILES string of the molecule is Cc1nsc(NS(=O)(=O)c2cc(S(C)(=O)=O)ccc2N)n1. The summed E-state index contributed by atoms with van der Waals surface area (Å²) in [6.45, 7) is 1.62. The molecule has 2 aromatic rings. The van der Waals surface area contributed by atoms with Crippen LogP contribution in [0.3, 0.4) is 0 Å². The van der Waals surface area contributed by atoms with Gasteiger partial charge in [0.05, 0.1) is 10.6 Å². The Bertz CT molecular complexity index is 887. The first kappa shape index (κ1) is 15.7. The van der Waals surface area contributed by atoms with Crippen molar-refractivity contribution >= 4 is 42.2 Å². The smallest absolute Gasteiger partial charge is 0.265 e. The maximum absolute atomic E-state index is 12.3. The first-order chi connectivity index (χ1) is 9.59. The molecule has 0 aliphatic carbocycles. The number of benzene rings is 1. The van der Waals surface area contributed by atoms with Crippen molar-refractivity contribution in [1.82, 2.24) is 9.36 Å². The van der Waals surface area contributed by atoms with Crippen molar-refractivity contribution in [3.8, 4) is 0 Å². The third-order valence-electron chi connectivity index (χ3n) is 2.45. The first-order valence-corrected chi connectivity index (χ1v) is 9.67. The highest BCUT2D eigenvalue weighted by atomic mass is 32.2. The molecule has 114 valence electrons. The average Bonchev–Trinajstić information content (AvgIpc) is 2.72. The predicted molar refractivity (Wildman–Crippen MR) is 79.4 cm³/mol. The molecule has 0 aliphatic rings. The molecule has 1 aromatic heterocycles. The molecule has 0 fully saturated rings. The number of rotatable bonds is 4.